The zero-order valence-corrected chi connectivity index (χ0v) is 33.9. The lowest BCUT2D eigenvalue weighted by atomic mass is 9.35. The van der Waals surface area contributed by atoms with Crippen LogP contribution in [-0.2, 0) is 13.0 Å². The van der Waals surface area contributed by atoms with Gasteiger partial charge in [-0.3, -0.25) is 4.68 Å². The second-order valence-corrected chi connectivity index (χ2v) is 19.6. The van der Waals surface area contributed by atoms with E-state index in [2.05, 4.69) is 77.7 Å². The van der Waals surface area contributed by atoms with Gasteiger partial charge in [-0.25, -0.2) is 14.8 Å². The number of anilines is 4. The number of para-hydroxylation sites is 1. The van der Waals surface area contributed by atoms with E-state index in [1.54, 1.807) is 17.5 Å². The van der Waals surface area contributed by atoms with Crippen molar-refractivity contribution in [1.82, 2.24) is 34.8 Å². The molecule has 4 fully saturated rings. The molecule has 4 aromatic heterocycles. The molecule has 5 heterocycles. The number of fused-ring (bicyclic) bond motifs is 2. The summed E-state index contributed by atoms with van der Waals surface area (Å²) in [5.74, 6) is 0.382. The molecular formula is C43H53N9O2S. The molecule has 12 heteroatoms. The Labute approximate surface area is 327 Å². The van der Waals surface area contributed by atoms with Crippen LogP contribution in [0, 0.1) is 35.5 Å². The molecule has 5 aliphatic rings. The fourth-order valence-corrected chi connectivity index (χ4v) is 13.5. The summed E-state index contributed by atoms with van der Waals surface area (Å²) in [4.78, 5) is 26.6. The maximum atomic E-state index is 12.9. The number of hydrogen-bond donors (Lipinski definition) is 2. The van der Waals surface area contributed by atoms with E-state index >= 15 is 0 Å². The summed E-state index contributed by atoms with van der Waals surface area (Å²) in [6.45, 7) is 12.0. The van der Waals surface area contributed by atoms with Crippen molar-refractivity contribution < 1.29 is 9.90 Å². The summed E-state index contributed by atoms with van der Waals surface area (Å²) in [7, 11) is 4.37. The molecule has 4 aliphatic carbocycles. The van der Waals surface area contributed by atoms with Gasteiger partial charge in [0.25, 0.3) is 0 Å². The third-order valence-electron chi connectivity index (χ3n) is 13.3. The first-order valence-electron chi connectivity index (χ1n) is 19.9. The van der Waals surface area contributed by atoms with Gasteiger partial charge in [0.15, 0.2) is 22.5 Å². The molecule has 5 aromatic rings. The molecule has 2 atom stereocenters. The smallest absolute Gasteiger partial charge is 0.355 e. The summed E-state index contributed by atoms with van der Waals surface area (Å²) < 4.78 is 3.30. The minimum atomic E-state index is -1.06. The van der Waals surface area contributed by atoms with Crippen LogP contribution in [0.25, 0.3) is 21.3 Å². The van der Waals surface area contributed by atoms with E-state index in [0.29, 0.717) is 34.2 Å². The van der Waals surface area contributed by atoms with Crippen molar-refractivity contribution in [2.75, 3.05) is 37.4 Å². The van der Waals surface area contributed by atoms with Gasteiger partial charge in [0, 0.05) is 47.2 Å². The number of nitrogens with zero attached hydrogens (tertiary/aromatic N) is 8. The van der Waals surface area contributed by atoms with Crippen LogP contribution < -0.4 is 10.2 Å². The number of pyridine rings is 1. The molecule has 4 saturated carbocycles. The molecule has 0 saturated heterocycles. The van der Waals surface area contributed by atoms with E-state index in [-0.39, 0.29) is 11.1 Å². The van der Waals surface area contributed by atoms with Crippen LogP contribution in [0.4, 0.5) is 22.5 Å². The number of carboxylic acids is 1. The van der Waals surface area contributed by atoms with Crippen LogP contribution in [0.3, 0.4) is 0 Å². The zero-order chi connectivity index (χ0) is 38.3. The van der Waals surface area contributed by atoms with Crippen molar-refractivity contribution in [3.05, 3.63) is 65.2 Å². The Balaban J connectivity index is 1.05. The Morgan fingerprint density at radius 3 is 2.51 bits per heavy atom. The third-order valence-corrected chi connectivity index (χ3v) is 14.3. The van der Waals surface area contributed by atoms with Gasteiger partial charge >= 0.3 is 5.97 Å². The Hall–Kier alpha value is -4.42. The van der Waals surface area contributed by atoms with Crippen molar-refractivity contribution in [3.63, 3.8) is 0 Å². The lowest BCUT2D eigenvalue weighted by Crippen LogP contribution is -2.60. The summed E-state index contributed by atoms with van der Waals surface area (Å²) in [5, 5.41) is 29.3. The summed E-state index contributed by atoms with van der Waals surface area (Å²) in [6.07, 6.45) is 15.5. The minimum absolute atomic E-state index is 0.0285. The number of thiazole rings is 1. The average molecular weight is 760 g/mol. The van der Waals surface area contributed by atoms with Crippen molar-refractivity contribution in [2.45, 2.75) is 98.4 Å². The molecular weight excluding hydrogens is 707 g/mol. The molecule has 10 rings (SSSR count). The van der Waals surface area contributed by atoms with Crippen LogP contribution in [0.2, 0.25) is 0 Å². The maximum absolute atomic E-state index is 12.9. The molecule has 4 bridgehead atoms. The van der Waals surface area contributed by atoms with Gasteiger partial charge < -0.3 is 20.2 Å². The second kappa shape index (κ2) is 13.1. The molecule has 2 N–H and O–H groups in total. The first kappa shape index (κ1) is 36.2. The van der Waals surface area contributed by atoms with Crippen LogP contribution >= 0.6 is 11.3 Å². The monoisotopic (exact) mass is 759 g/mol. The average Bonchev–Trinajstić information content (AvgIpc) is 3.68. The fourth-order valence-electron chi connectivity index (χ4n) is 12.6. The summed E-state index contributed by atoms with van der Waals surface area (Å²) in [5.41, 5.74) is 7.51. The molecule has 1 aromatic carbocycles. The number of aromatic nitrogens is 6. The van der Waals surface area contributed by atoms with Crippen molar-refractivity contribution in [1.29, 1.82) is 0 Å². The number of nitrogens with one attached hydrogen (secondary N) is 1. The van der Waals surface area contributed by atoms with E-state index in [0.717, 1.165) is 75.2 Å². The Kier molecular flexibility index (Phi) is 8.62. The first-order valence-corrected chi connectivity index (χ1v) is 20.7. The number of aromatic carboxylic acids is 1. The predicted molar refractivity (Wildman–Crippen MR) is 219 cm³/mol. The van der Waals surface area contributed by atoms with Crippen molar-refractivity contribution in [2.24, 2.45) is 21.7 Å². The van der Waals surface area contributed by atoms with E-state index in [4.69, 9.17) is 15.2 Å². The number of rotatable bonds is 11. The zero-order valence-electron chi connectivity index (χ0n) is 33.1. The van der Waals surface area contributed by atoms with E-state index in [1.165, 1.54) is 51.4 Å². The Bertz CT molecular complexity index is 2260. The van der Waals surface area contributed by atoms with Crippen molar-refractivity contribution >= 4 is 50.0 Å². The standard InChI is InChI=1S/C43H53N9O2S/c1-27-29-11-9-18-51(37(29)49-48-36(27)47-39-46-31-12-7-8-13-33(31)55-39)32-14-16-44-35(38(53)54)34(32)30-19-45-52(28(30)2)26-43-23-40(3)20-41(4,24-43)22-42(21-40,25-43)15-10-17-50(5)6/h7-8,12-14,16,19H,9-11,15,17-18,20-26H2,1-6H3,(H,53,54)(H,46,47,48). The molecule has 0 spiro atoms. The quantitative estimate of drug-likeness (QED) is 0.135. The Morgan fingerprint density at radius 2 is 1.76 bits per heavy atom. The summed E-state index contributed by atoms with van der Waals surface area (Å²) in [6, 6.07) is 10.0. The molecule has 55 heavy (non-hydrogen) atoms. The first-order chi connectivity index (χ1) is 26.3. The van der Waals surface area contributed by atoms with Crippen LogP contribution in [0.5, 0.6) is 0 Å². The number of benzene rings is 1. The van der Waals surface area contributed by atoms with Gasteiger partial charge in [-0.05, 0) is 139 Å². The number of hydrogen-bond acceptors (Lipinski definition) is 10. The predicted octanol–water partition coefficient (Wildman–Crippen LogP) is 9.20. The fraction of sp³-hybridized carbons (Fsp3) is 0.535. The van der Waals surface area contributed by atoms with Crippen LogP contribution in [-0.4, -0.2) is 73.1 Å². The maximum Gasteiger partial charge on any atom is 0.355 e. The molecule has 2 unspecified atom stereocenters. The van der Waals surface area contributed by atoms with Gasteiger partial charge in [0.1, 0.15) is 0 Å². The van der Waals surface area contributed by atoms with E-state index in [9.17, 15) is 9.90 Å². The van der Waals surface area contributed by atoms with Gasteiger partial charge in [0.2, 0.25) is 0 Å². The molecule has 11 nitrogen and oxygen atoms in total. The SMILES string of the molecule is Cc1c(Nc2nc3ccccc3s2)nnc2c1CCCN2c1ccnc(C(=O)O)c1-c1cnn(CC23CC4(C)CC(C)(CC(CCCN(C)C)(C4)C2)C3)c1C. The minimum Gasteiger partial charge on any atom is -0.476 e. The molecule has 0 amide bonds. The highest BCUT2D eigenvalue weighted by molar-refractivity contribution is 7.22. The van der Waals surface area contributed by atoms with Gasteiger partial charge in [-0.2, -0.15) is 5.10 Å². The van der Waals surface area contributed by atoms with E-state index < -0.39 is 5.97 Å². The van der Waals surface area contributed by atoms with Gasteiger partial charge in [0.05, 0.1) is 22.1 Å². The molecule has 1 aliphatic heterocycles. The lowest BCUT2D eigenvalue weighted by Gasteiger charge is -2.70. The topological polar surface area (TPSA) is 125 Å². The highest BCUT2D eigenvalue weighted by Crippen LogP contribution is 2.75. The summed E-state index contributed by atoms with van der Waals surface area (Å²) >= 11 is 1.59. The second-order valence-electron chi connectivity index (χ2n) is 18.6. The molecule has 288 valence electrons. The highest BCUT2D eigenvalue weighted by atomic mass is 32.1. The van der Waals surface area contributed by atoms with E-state index in [1.807, 2.05) is 30.5 Å². The van der Waals surface area contributed by atoms with Crippen LogP contribution in [0.15, 0.2) is 42.7 Å². The Morgan fingerprint density at radius 1 is 1.00 bits per heavy atom. The van der Waals surface area contributed by atoms with Gasteiger partial charge in [-0.15, -0.1) is 10.2 Å². The van der Waals surface area contributed by atoms with Crippen molar-refractivity contribution in [3.8, 4) is 11.1 Å². The van der Waals surface area contributed by atoms with Gasteiger partial charge in [-0.1, -0.05) is 37.3 Å². The highest BCUT2D eigenvalue weighted by Gasteiger charge is 2.65. The third kappa shape index (κ3) is 6.39. The normalized spacial score (nSPS) is 26.9. The number of carboxylic acid groups (broad SMARTS) is 1. The number of carbonyl (C=O) groups is 1. The lowest BCUT2D eigenvalue weighted by molar-refractivity contribution is -0.198. The molecule has 0 radical (unpaired) electrons. The van der Waals surface area contributed by atoms with Crippen LogP contribution in [0.1, 0.15) is 98.9 Å². The largest absolute Gasteiger partial charge is 0.476 e.